The monoisotopic (exact) mass is 154 g/mol. The van der Waals surface area contributed by atoms with Crippen molar-refractivity contribution in [3.63, 3.8) is 0 Å². The summed E-state index contributed by atoms with van der Waals surface area (Å²) in [5, 5.41) is 9.88. The second-order valence-electron chi connectivity index (χ2n) is 4.29. The van der Waals surface area contributed by atoms with Crippen LogP contribution in [-0.4, -0.2) is 10.7 Å². The van der Waals surface area contributed by atoms with E-state index < -0.39 is 0 Å². The molecule has 1 N–H and O–H groups in total. The van der Waals surface area contributed by atoms with Gasteiger partial charge < -0.3 is 5.11 Å². The molecular formula is C10H18O. The quantitative estimate of drug-likeness (QED) is 0.575. The first-order valence-electron chi connectivity index (χ1n) is 5.04. The van der Waals surface area contributed by atoms with E-state index in [-0.39, 0.29) is 5.60 Å². The van der Waals surface area contributed by atoms with Gasteiger partial charge in [0.2, 0.25) is 0 Å². The summed E-state index contributed by atoms with van der Waals surface area (Å²) in [6.45, 7) is 0. The van der Waals surface area contributed by atoms with Crippen LogP contribution in [0.25, 0.3) is 0 Å². The van der Waals surface area contributed by atoms with Crippen LogP contribution >= 0.6 is 0 Å². The van der Waals surface area contributed by atoms with Gasteiger partial charge in [0.05, 0.1) is 5.60 Å². The number of aliphatic hydroxyl groups is 1. The maximum Gasteiger partial charge on any atom is 0.0678 e. The van der Waals surface area contributed by atoms with Crippen LogP contribution in [0.4, 0.5) is 0 Å². The molecule has 1 nitrogen and oxygen atoms in total. The molecular weight excluding hydrogens is 136 g/mol. The van der Waals surface area contributed by atoms with Crippen LogP contribution in [0.1, 0.15) is 51.4 Å². The third kappa shape index (κ3) is 1.58. The fourth-order valence-electron chi connectivity index (χ4n) is 2.35. The number of rotatable bonds is 1. The molecule has 0 bridgehead atoms. The average Bonchev–Trinajstić information content (AvgIpc) is 2.73. The Kier molecular flexibility index (Phi) is 1.92. The molecule has 0 aromatic heterocycles. The van der Waals surface area contributed by atoms with Gasteiger partial charge in [-0.2, -0.15) is 0 Å². The maximum absolute atomic E-state index is 9.88. The second kappa shape index (κ2) is 2.78. The maximum atomic E-state index is 9.88. The van der Waals surface area contributed by atoms with E-state index >= 15 is 0 Å². The van der Waals surface area contributed by atoms with Crippen molar-refractivity contribution >= 4 is 0 Å². The largest absolute Gasteiger partial charge is 0.390 e. The lowest BCUT2D eigenvalue weighted by Crippen LogP contribution is -2.21. The molecule has 0 aromatic carbocycles. The van der Waals surface area contributed by atoms with E-state index in [4.69, 9.17) is 0 Å². The minimum absolute atomic E-state index is 0.190. The summed E-state index contributed by atoms with van der Waals surface area (Å²) in [5.41, 5.74) is -0.190. The summed E-state index contributed by atoms with van der Waals surface area (Å²) in [7, 11) is 0. The lowest BCUT2D eigenvalue weighted by atomic mass is 9.92. The Balaban J connectivity index is 1.90. The zero-order valence-electron chi connectivity index (χ0n) is 7.18. The fraction of sp³-hybridized carbons (Fsp3) is 1.00. The van der Waals surface area contributed by atoms with Crippen molar-refractivity contribution in [2.24, 2.45) is 5.92 Å². The zero-order chi connectivity index (χ0) is 7.73. The van der Waals surface area contributed by atoms with Crippen LogP contribution in [0, 0.1) is 5.92 Å². The summed E-state index contributed by atoms with van der Waals surface area (Å²) >= 11 is 0. The number of hydrogen-bond acceptors (Lipinski definition) is 1. The molecule has 64 valence electrons. The van der Waals surface area contributed by atoms with Crippen molar-refractivity contribution in [1.29, 1.82) is 0 Å². The number of hydrogen-bond donors (Lipinski definition) is 1. The lowest BCUT2D eigenvalue weighted by molar-refractivity contribution is 0.0733. The predicted molar refractivity (Wildman–Crippen MR) is 45.4 cm³/mol. The Morgan fingerprint density at radius 1 is 0.909 bits per heavy atom. The van der Waals surface area contributed by atoms with Gasteiger partial charge in [-0.05, 0) is 31.6 Å². The molecule has 2 rings (SSSR count). The summed E-state index contributed by atoms with van der Waals surface area (Å²) in [4.78, 5) is 0. The second-order valence-corrected chi connectivity index (χ2v) is 4.29. The van der Waals surface area contributed by atoms with Gasteiger partial charge in [0.1, 0.15) is 0 Å². The van der Waals surface area contributed by atoms with Crippen molar-refractivity contribution < 1.29 is 5.11 Å². The topological polar surface area (TPSA) is 20.2 Å². The molecule has 2 saturated carbocycles. The van der Waals surface area contributed by atoms with Gasteiger partial charge in [-0.1, -0.05) is 25.7 Å². The SMILES string of the molecule is OC1(C2CCCCCC2)CC1. The van der Waals surface area contributed by atoms with E-state index in [1.807, 2.05) is 0 Å². The molecule has 0 heterocycles. The molecule has 0 saturated heterocycles. The van der Waals surface area contributed by atoms with Crippen molar-refractivity contribution in [2.75, 3.05) is 0 Å². The minimum atomic E-state index is -0.190. The van der Waals surface area contributed by atoms with E-state index in [0.29, 0.717) is 5.92 Å². The summed E-state index contributed by atoms with van der Waals surface area (Å²) in [5.74, 6) is 0.657. The van der Waals surface area contributed by atoms with Gasteiger partial charge in [0.15, 0.2) is 0 Å². The van der Waals surface area contributed by atoms with E-state index in [0.717, 1.165) is 12.8 Å². The molecule has 2 aliphatic rings. The standard InChI is InChI=1S/C10H18O/c11-10(7-8-10)9-5-3-1-2-4-6-9/h9,11H,1-8H2. The molecule has 0 unspecified atom stereocenters. The molecule has 0 radical (unpaired) electrons. The minimum Gasteiger partial charge on any atom is -0.390 e. The van der Waals surface area contributed by atoms with E-state index in [1.165, 1.54) is 38.5 Å². The average molecular weight is 154 g/mol. The van der Waals surface area contributed by atoms with E-state index in [1.54, 1.807) is 0 Å². The van der Waals surface area contributed by atoms with Crippen molar-refractivity contribution in [1.82, 2.24) is 0 Å². The smallest absolute Gasteiger partial charge is 0.0678 e. The fourth-order valence-corrected chi connectivity index (χ4v) is 2.35. The molecule has 2 fully saturated rings. The van der Waals surface area contributed by atoms with E-state index in [9.17, 15) is 5.11 Å². The third-order valence-corrected chi connectivity index (χ3v) is 3.38. The van der Waals surface area contributed by atoms with E-state index in [2.05, 4.69) is 0 Å². The van der Waals surface area contributed by atoms with Gasteiger partial charge in [0, 0.05) is 0 Å². The Morgan fingerprint density at radius 3 is 1.91 bits per heavy atom. The highest BCUT2D eigenvalue weighted by molar-refractivity contribution is 4.99. The molecule has 11 heavy (non-hydrogen) atoms. The Morgan fingerprint density at radius 2 is 1.45 bits per heavy atom. The first-order valence-corrected chi connectivity index (χ1v) is 5.04. The predicted octanol–water partition coefficient (Wildman–Crippen LogP) is 2.48. The van der Waals surface area contributed by atoms with Crippen LogP contribution in [0.2, 0.25) is 0 Å². The van der Waals surface area contributed by atoms with Gasteiger partial charge in [0.25, 0.3) is 0 Å². The molecule has 0 spiro atoms. The first-order chi connectivity index (χ1) is 5.31. The summed E-state index contributed by atoms with van der Waals surface area (Å²) < 4.78 is 0. The van der Waals surface area contributed by atoms with Crippen molar-refractivity contribution in [3.8, 4) is 0 Å². The molecule has 2 aliphatic carbocycles. The highest BCUT2D eigenvalue weighted by Crippen LogP contribution is 2.47. The Bertz CT molecular complexity index is 130. The third-order valence-electron chi connectivity index (χ3n) is 3.38. The van der Waals surface area contributed by atoms with Gasteiger partial charge in [-0.3, -0.25) is 0 Å². The van der Waals surface area contributed by atoms with Gasteiger partial charge in [-0.15, -0.1) is 0 Å². The van der Waals surface area contributed by atoms with Gasteiger partial charge >= 0.3 is 0 Å². The van der Waals surface area contributed by atoms with Crippen LogP contribution in [-0.2, 0) is 0 Å². The summed E-state index contributed by atoms with van der Waals surface area (Å²) in [6.07, 6.45) is 10.2. The van der Waals surface area contributed by atoms with Crippen LogP contribution in [0.3, 0.4) is 0 Å². The zero-order valence-corrected chi connectivity index (χ0v) is 7.18. The molecule has 0 atom stereocenters. The van der Waals surface area contributed by atoms with Crippen LogP contribution < -0.4 is 0 Å². The molecule has 0 aromatic rings. The van der Waals surface area contributed by atoms with Crippen LogP contribution in [0.15, 0.2) is 0 Å². The lowest BCUT2D eigenvalue weighted by Gasteiger charge is -2.19. The molecule has 0 aliphatic heterocycles. The normalized spacial score (nSPS) is 31.4. The highest BCUT2D eigenvalue weighted by Gasteiger charge is 2.46. The highest BCUT2D eigenvalue weighted by atomic mass is 16.3. The Hall–Kier alpha value is -0.0400. The molecule has 0 amide bonds. The first kappa shape index (κ1) is 7.60. The summed E-state index contributed by atoms with van der Waals surface area (Å²) in [6, 6.07) is 0. The van der Waals surface area contributed by atoms with Crippen molar-refractivity contribution in [3.05, 3.63) is 0 Å². The molecule has 1 heteroatoms. The van der Waals surface area contributed by atoms with Gasteiger partial charge in [-0.25, -0.2) is 0 Å². The van der Waals surface area contributed by atoms with Crippen molar-refractivity contribution in [2.45, 2.75) is 57.0 Å². The van der Waals surface area contributed by atoms with Crippen LogP contribution in [0.5, 0.6) is 0 Å². The Labute approximate surface area is 68.8 Å².